The number of aliphatic hydroxyl groups excluding tert-OH is 1. The molecule has 20 heavy (non-hydrogen) atoms. The van der Waals surface area contributed by atoms with Gasteiger partial charge in [-0.2, -0.15) is 0 Å². The first-order valence-electron chi connectivity index (χ1n) is 7.77. The number of nitrogens with zero attached hydrogens (tertiary/aromatic N) is 3. The summed E-state index contributed by atoms with van der Waals surface area (Å²) >= 11 is 0. The molecule has 1 aromatic rings. The molecule has 112 valence electrons. The molecular weight excluding hydrogens is 250 g/mol. The van der Waals surface area contributed by atoms with Gasteiger partial charge in [0.1, 0.15) is 5.82 Å². The Balaban J connectivity index is 2.06. The molecule has 1 fully saturated rings. The summed E-state index contributed by atoms with van der Waals surface area (Å²) in [4.78, 5) is 9.60. The van der Waals surface area contributed by atoms with E-state index in [4.69, 9.17) is 4.98 Å². The van der Waals surface area contributed by atoms with E-state index in [1.165, 1.54) is 6.42 Å². The van der Waals surface area contributed by atoms with Crippen molar-refractivity contribution in [2.24, 2.45) is 0 Å². The number of pyridine rings is 1. The van der Waals surface area contributed by atoms with E-state index < -0.39 is 0 Å². The maximum Gasteiger partial charge on any atom is 0.129 e. The molecule has 1 N–H and O–H groups in total. The van der Waals surface area contributed by atoms with Gasteiger partial charge in [0, 0.05) is 37.9 Å². The number of rotatable bonds is 5. The van der Waals surface area contributed by atoms with E-state index in [-0.39, 0.29) is 6.61 Å². The zero-order valence-electron chi connectivity index (χ0n) is 13.0. The van der Waals surface area contributed by atoms with E-state index in [9.17, 15) is 5.11 Å². The lowest BCUT2D eigenvalue weighted by Crippen LogP contribution is -2.49. The fraction of sp³-hybridized carbons (Fsp3) is 0.688. The van der Waals surface area contributed by atoms with Crippen LogP contribution in [0, 0.1) is 0 Å². The van der Waals surface area contributed by atoms with Gasteiger partial charge in [0.25, 0.3) is 0 Å². The molecule has 4 nitrogen and oxygen atoms in total. The average molecular weight is 277 g/mol. The van der Waals surface area contributed by atoms with Crippen molar-refractivity contribution in [2.75, 3.05) is 31.1 Å². The molecule has 0 bridgehead atoms. The van der Waals surface area contributed by atoms with Gasteiger partial charge in [-0.25, -0.2) is 4.98 Å². The fourth-order valence-corrected chi connectivity index (χ4v) is 2.72. The second-order valence-electron chi connectivity index (χ2n) is 5.62. The van der Waals surface area contributed by atoms with Gasteiger partial charge in [0.05, 0.1) is 6.61 Å². The Morgan fingerprint density at radius 1 is 1.20 bits per heavy atom. The molecule has 1 aromatic heterocycles. The molecule has 2 heterocycles. The van der Waals surface area contributed by atoms with Crippen LogP contribution in [0.25, 0.3) is 0 Å². The van der Waals surface area contributed by atoms with E-state index in [1.807, 2.05) is 12.1 Å². The van der Waals surface area contributed by atoms with Crippen LogP contribution in [0.1, 0.15) is 38.4 Å². The smallest absolute Gasteiger partial charge is 0.129 e. The highest BCUT2D eigenvalue weighted by Crippen LogP contribution is 2.19. The van der Waals surface area contributed by atoms with E-state index in [2.05, 4.69) is 30.6 Å². The van der Waals surface area contributed by atoms with Crippen molar-refractivity contribution in [3.05, 3.63) is 23.4 Å². The first kappa shape index (κ1) is 15.3. The van der Waals surface area contributed by atoms with E-state index in [1.54, 1.807) is 0 Å². The van der Waals surface area contributed by atoms with Crippen LogP contribution in [0.4, 0.5) is 5.82 Å². The largest absolute Gasteiger partial charge is 0.392 e. The molecular formula is C16H27N3O. The Morgan fingerprint density at radius 2 is 1.90 bits per heavy atom. The highest BCUT2D eigenvalue weighted by atomic mass is 16.3. The minimum absolute atomic E-state index is 0.0926. The van der Waals surface area contributed by atoms with Crippen molar-refractivity contribution < 1.29 is 5.11 Å². The maximum absolute atomic E-state index is 9.37. The van der Waals surface area contributed by atoms with Crippen molar-refractivity contribution in [3.8, 4) is 0 Å². The van der Waals surface area contributed by atoms with Crippen molar-refractivity contribution >= 4 is 5.82 Å². The van der Waals surface area contributed by atoms with Gasteiger partial charge in [-0.3, -0.25) is 4.90 Å². The molecule has 4 heteroatoms. The Hall–Kier alpha value is -1.13. The molecule has 1 unspecified atom stereocenters. The predicted molar refractivity (Wildman–Crippen MR) is 83.1 cm³/mol. The van der Waals surface area contributed by atoms with Crippen molar-refractivity contribution in [1.82, 2.24) is 9.88 Å². The summed E-state index contributed by atoms with van der Waals surface area (Å²) in [5.74, 6) is 1.03. The molecule has 1 aliphatic heterocycles. The molecule has 0 radical (unpaired) electrons. The predicted octanol–water partition coefficient (Wildman–Crippen LogP) is 2.06. The summed E-state index contributed by atoms with van der Waals surface area (Å²) in [6.07, 6.45) is 2.12. The Labute approximate surface area is 122 Å². The normalized spacial score (nSPS) is 18.3. The van der Waals surface area contributed by atoms with E-state index >= 15 is 0 Å². The minimum atomic E-state index is 0.0926. The SMILES string of the molecule is CCc1cc(CO)cc(N2CCN(C(C)CC)CC2)n1. The molecule has 0 saturated carbocycles. The van der Waals surface area contributed by atoms with Crippen LogP contribution in [0.5, 0.6) is 0 Å². The number of piperazine rings is 1. The third kappa shape index (κ3) is 3.49. The standard InChI is InChI=1S/C16H27N3O/c1-4-13(3)18-6-8-19(9-7-18)16-11-14(12-20)10-15(5-2)17-16/h10-11,13,20H,4-9,12H2,1-3H3. The van der Waals surface area contributed by atoms with Crippen LogP contribution in [0.15, 0.2) is 12.1 Å². The van der Waals surface area contributed by atoms with Crippen LogP contribution < -0.4 is 4.90 Å². The highest BCUT2D eigenvalue weighted by Gasteiger charge is 2.21. The fourth-order valence-electron chi connectivity index (χ4n) is 2.72. The molecule has 2 rings (SSSR count). The Morgan fingerprint density at radius 3 is 2.45 bits per heavy atom. The van der Waals surface area contributed by atoms with Gasteiger partial charge < -0.3 is 10.0 Å². The zero-order valence-corrected chi connectivity index (χ0v) is 13.0. The van der Waals surface area contributed by atoms with Crippen LogP contribution in [0.3, 0.4) is 0 Å². The third-order valence-electron chi connectivity index (χ3n) is 4.32. The lowest BCUT2D eigenvalue weighted by molar-refractivity contribution is 0.192. The Kier molecular flexibility index (Phi) is 5.38. The van der Waals surface area contributed by atoms with Gasteiger partial charge in [-0.15, -0.1) is 0 Å². The summed E-state index contributed by atoms with van der Waals surface area (Å²) in [6, 6.07) is 4.69. The van der Waals surface area contributed by atoms with E-state index in [0.29, 0.717) is 6.04 Å². The number of hydrogen-bond acceptors (Lipinski definition) is 4. The van der Waals surface area contributed by atoms with Crippen molar-refractivity contribution in [1.29, 1.82) is 0 Å². The van der Waals surface area contributed by atoms with Crippen LogP contribution in [0.2, 0.25) is 0 Å². The van der Waals surface area contributed by atoms with Crippen LogP contribution in [-0.4, -0.2) is 47.2 Å². The monoisotopic (exact) mass is 277 g/mol. The van der Waals surface area contributed by atoms with Crippen molar-refractivity contribution in [2.45, 2.75) is 46.3 Å². The summed E-state index contributed by atoms with van der Waals surface area (Å²) < 4.78 is 0. The van der Waals surface area contributed by atoms with Crippen LogP contribution in [-0.2, 0) is 13.0 Å². The number of aryl methyl sites for hydroxylation is 1. The summed E-state index contributed by atoms with van der Waals surface area (Å²) in [5.41, 5.74) is 2.03. The molecule has 0 aliphatic carbocycles. The molecule has 0 spiro atoms. The lowest BCUT2D eigenvalue weighted by atomic mass is 10.1. The topological polar surface area (TPSA) is 39.6 Å². The second kappa shape index (κ2) is 7.04. The quantitative estimate of drug-likeness (QED) is 0.894. The highest BCUT2D eigenvalue weighted by molar-refractivity contribution is 5.43. The maximum atomic E-state index is 9.37. The van der Waals surface area contributed by atoms with E-state index in [0.717, 1.165) is 49.7 Å². The molecule has 1 aliphatic rings. The molecule has 0 amide bonds. The average Bonchev–Trinajstić information content (AvgIpc) is 2.53. The second-order valence-corrected chi connectivity index (χ2v) is 5.62. The molecule has 1 saturated heterocycles. The molecule has 0 aromatic carbocycles. The summed E-state index contributed by atoms with van der Waals surface area (Å²) in [5, 5.41) is 9.37. The Bertz CT molecular complexity index is 405. The number of aliphatic hydroxyl groups is 1. The van der Waals surface area contributed by atoms with Crippen LogP contribution >= 0.6 is 0 Å². The summed E-state index contributed by atoms with van der Waals surface area (Å²) in [6.45, 7) is 11.0. The molecule has 1 atom stereocenters. The van der Waals surface area contributed by atoms with Gasteiger partial charge in [0.2, 0.25) is 0 Å². The van der Waals surface area contributed by atoms with Gasteiger partial charge in [-0.05, 0) is 37.5 Å². The first-order valence-corrected chi connectivity index (χ1v) is 7.77. The number of aromatic nitrogens is 1. The first-order chi connectivity index (χ1) is 9.67. The number of anilines is 1. The van der Waals surface area contributed by atoms with Gasteiger partial charge in [0.15, 0.2) is 0 Å². The zero-order chi connectivity index (χ0) is 14.5. The minimum Gasteiger partial charge on any atom is -0.392 e. The number of hydrogen-bond donors (Lipinski definition) is 1. The van der Waals surface area contributed by atoms with Crippen molar-refractivity contribution in [3.63, 3.8) is 0 Å². The third-order valence-corrected chi connectivity index (χ3v) is 4.32. The summed E-state index contributed by atoms with van der Waals surface area (Å²) in [7, 11) is 0. The lowest BCUT2D eigenvalue weighted by Gasteiger charge is -2.38. The van der Waals surface area contributed by atoms with Gasteiger partial charge in [-0.1, -0.05) is 13.8 Å². The van der Waals surface area contributed by atoms with Gasteiger partial charge >= 0.3 is 0 Å².